The number of nitrogens with one attached hydrogen (secondary N) is 1. The highest BCUT2D eigenvalue weighted by Gasteiger charge is 2.19. The Kier molecular flexibility index (Phi) is 5.41. The molecule has 0 saturated carbocycles. The highest BCUT2D eigenvalue weighted by atomic mass is 19.1. The van der Waals surface area contributed by atoms with E-state index in [1.54, 1.807) is 6.92 Å². The number of carboxylic acid groups (broad SMARTS) is 1. The van der Waals surface area contributed by atoms with Crippen molar-refractivity contribution in [2.75, 3.05) is 0 Å². The predicted molar refractivity (Wildman–Crippen MR) is 64.5 cm³/mol. The van der Waals surface area contributed by atoms with Crippen LogP contribution in [-0.2, 0) is 16.0 Å². The van der Waals surface area contributed by atoms with Gasteiger partial charge in [0, 0.05) is 6.07 Å². The van der Waals surface area contributed by atoms with E-state index in [0.29, 0.717) is 18.9 Å². The van der Waals surface area contributed by atoms with Crippen molar-refractivity contribution < 1.29 is 23.5 Å². The zero-order valence-corrected chi connectivity index (χ0v) is 10.5. The van der Waals surface area contributed by atoms with Gasteiger partial charge >= 0.3 is 5.97 Å². The molecular weight excluding hydrogens is 256 g/mol. The highest BCUT2D eigenvalue weighted by molar-refractivity contribution is 5.84. The van der Waals surface area contributed by atoms with Crippen molar-refractivity contribution in [1.29, 1.82) is 0 Å². The number of aliphatic carboxylic acids is 1. The lowest BCUT2D eigenvalue weighted by Crippen LogP contribution is -2.41. The number of hydrogen-bond acceptors (Lipinski definition) is 2. The topological polar surface area (TPSA) is 66.4 Å². The van der Waals surface area contributed by atoms with Crippen molar-refractivity contribution in [3.63, 3.8) is 0 Å². The van der Waals surface area contributed by atoms with Gasteiger partial charge in [-0.25, -0.2) is 13.6 Å². The second kappa shape index (κ2) is 6.82. The lowest BCUT2D eigenvalue weighted by molar-refractivity contribution is -0.141. The Morgan fingerprint density at radius 2 is 2.05 bits per heavy atom. The molecule has 1 rings (SSSR count). The molecule has 0 heterocycles. The minimum atomic E-state index is -1.13. The van der Waals surface area contributed by atoms with E-state index >= 15 is 0 Å². The molecule has 104 valence electrons. The molecule has 0 aliphatic heterocycles. The van der Waals surface area contributed by atoms with Crippen molar-refractivity contribution in [2.24, 2.45) is 0 Å². The van der Waals surface area contributed by atoms with Crippen molar-refractivity contribution in [3.8, 4) is 0 Å². The summed E-state index contributed by atoms with van der Waals surface area (Å²) in [5.41, 5.74) is 0.0273. The summed E-state index contributed by atoms with van der Waals surface area (Å²) >= 11 is 0. The van der Waals surface area contributed by atoms with E-state index < -0.39 is 29.6 Å². The van der Waals surface area contributed by atoms with Gasteiger partial charge in [-0.3, -0.25) is 4.79 Å². The average Bonchev–Trinajstić information content (AvgIpc) is 2.32. The second-order valence-electron chi connectivity index (χ2n) is 4.16. The Hall–Kier alpha value is -1.98. The van der Waals surface area contributed by atoms with Crippen molar-refractivity contribution in [2.45, 2.75) is 32.2 Å². The summed E-state index contributed by atoms with van der Waals surface area (Å²) in [6.07, 6.45) is 0.578. The number of benzene rings is 1. The van der Waals surface area contributed by atoms with Crippen molar-refractivity contribution in [1.82, 2.24) is 5.32 Å². The quantitative estimate of drug-likeness (QED) is 0.830. The van der Waals surface area contributed by atoms with Crippen LogP contribution in [0.15, 0.2) is 18.2 Å². The summed E-state index contributed by atoms with van der Waals surface area (Å²) in [6.45, 7) is 1.79. The molecule has 0 saturated heterocycles. The molecule has 0 radical (unpaired) electrons. The van der Waals surface area contributed by atoms with E-state index in [1.807, 2.05) is 0 Å². The molecule has 0 unspecified atom stereocenters. The van der Waals surface area contributed by atoms with Crippen LogP contribution in [0.25, 0.3) is 0 Å². The predicted octanol–water partition coefficient (Wildman–Crippen LogP) is 1.88. The van der Waals surface area contributed by atoms with Gasteiger partial charge in [-0.1, -0.05) is 19.4 Å². The maximum atomic E-state index is 13.3. The van der Waals surface area contributed by atoms with Gasteiger partial charge in [0.15, 0.2) is 0 Å². The molecule has 1 amide bonds. The molecule has 1 aromatic carbocycles. The Labute approximate surface area is 109 Å². The monoisotopic (exact) mass is 271 g/mol. The molecule has 6 heteroatoms. The van der Waals surface area contributed by atoms with Crippen LogP contribution in [0.5, 0.6) is 0 Å². The van der Waals surface area contributed by atoms with E-state index in [1.165, 1.54) is 6.07 Å². The third-order valence-electron chi connectivity index (χ3n) is 2.58. The lowest BCUT2D eigenvalue weighted by atomic mass is 10.1. The van der Waals surface area contributed by atoms with E-state index in [2.05, 4.69) is 5.32 Å². The number of carbonyl (C=O) groups is 2. The number of halogens is 2. The van der Waals surface area contributed by atoms with Crippen LogP contribution in [0.4, 0.5) is 8.78 Å². The fourth-order valence-electron chi connectivity index (χ4n) is 1.63. The van der Waals surface area contributed by atoms with Gasteiger partial charge in [-0.15, -0.1) is 0 Å². The van der Waals surface area contributed by atoms with E-state index in [4.69, 9.17) is 5.11 Å². The molecule has 0 aromatic heterocycles. The third kappa shape index (κ3) is 4.65. The first-order chi connectivity index (χ1) is 8.93. The minimum Gasteiger partial charge on any atom is -0.480 e. The van der Waals surface area contributed by atoms with Gasteiger partial charge in [-0.05, 0) is 18.1 Å². The van der Waals surface area contributed by atoms with Gasteiger partial charge in [0.2, 0.25) is 5.91 Å². The molecule has 1 atom stereocenters. The van der Waals surface area contributed by atoms with Crippen LogP contribution in [0.3, 0.4) is 0 Å². The zero-order valence-electron chi connectivity index (χ0n) is 10.5. The Morgan fingerprint density at radius 1 is 1.37 bits per heavy atom. The minimum absolute atomic E-state index is 0.0273. The maximum Gasteiger partial charge on any atom is 0.326 e. The van der Waals surface area contributed by atoms with Crippen LogP contribution in [0, 0.1) is 11.6 Å². The standard InChI is InChI=1S/C13H15F2NO3/c1-2-3-11(13(18)19)16-12(17)6-8-4-5-9(14)7-10(8)15/h4-5,7,11H,2-3,6H2,1H3,(H,16,17)(H,18,19)/t11-/m1/s1. The van der Waals surface area contributed by atoms with E-state index in [9.17, 15) is 18.4 Å². The lowest BCUT2D eigenvalue weighted by Gasteiger charge is -2.13. The van der Waals surface area contributed by atoms with E-state index in [0.717, 1.165) is 6.07 Å². The van der Waals surface area contributed by atoms with Gasteiger partial charge in [-0.2, -0.15) is 0 Å². The second-order valence-corrected chi connectivity index (χ2v) is 4.16. The highest BCUT2D eigenvalue weighted by Crippen LogP contribution is 2.10. The van der Waals surface area contributed by atoms with Gasteiger partial charge in [0.05, 0.1) is 6.42 Å². The Morgan fingerprint density at radius 3 is 2.58 bits per heavy atom. The molecule has 0 aliphatic rings. The van der Waals surface area contributed by atoms with Crippen LogP contribution >= 0.6 is 0 Å². The summed E-state index contributed by atoms with van der Waals surface area (Å²) in [5, 5.41) is 11.2. The number of carbonyl (C=O) groups excluding carboxylic acids is 1. The molecule has 2 N–H and O–H groups in total. The fraction of sp³-hybridized carbons (Fsp3) is 0.385. The number of hydrogen-bond donors (Lipinski definition) is 2. The summed E-state index contributed by atoms with van der Waals surface area (Å²) in [6, 6.07) is 1.91. The molecular formula is C13H15F2NO3. The summed E-state index contributed by atoms with van der Waals surface area (Å²) < 4.78 is 26.0. The first kappa shape index (κ1) is 15.1. The third-order valence-corrected chi connectivity index (χ3v) is 2.58. The number of amides is 1. The average molecular weight is 271 g/mol. The zero-order chi connectivity index (χ0) is 14.4. The summed E-state index contributed by atoms with van der Waals surface area (Å²) in [7, 11) is 0. The van der Waals surface area contributed by atoms with Crippen LogP contribution < -0.4 is 5.32 Å². The SMILES string of the molecule is CCC[C@@H](NC(=O)Cc1ccc(F)cc1F)C(=O)O. The summed E-state index contributed by atoms with van der Waals surface area (Å²) in [5.74, 6) is -3.28. The molecule has 19 heavy (non-hydrogen) atoms. The summed E-state index contributed by atoms with van der Waals surface area (Å²) in [4.78, 5) is 22.5. The largest absolute Gasteiger partial charge is 0.480 e. The maximum absolute atomic E-state index is 13.3. The first-order valence-corrected chi connectivity index (χ1v) is 5.90. The smallest absolute Gasteiger partial charge is 0.326 e. The molecule has 0 spiro atoms. The van der Waals surface area contributed by atoms with Gasteiger partial charge in [0.25, 0.3) is 0 Å². The molecule has 0 aliphatic carbocycles. The number of rotatable bonds is 6. The molecule has 4 nitrogen and oxygen atoms in total. The number of carboxylic acids is 1. The van der Waals surface area contributed by atoms with Crippen molar-refractivity contribution >= 4 is 11.9 Å². The van der Waals surface area contributed by atoms with E-state index in [-0.39, 0.29) is 12.0 Å². The molecule has 1 aromatic rings. The van der Waals surface area contributed by atoms with Crippen LogP contribution in [0.1, 0.15) is 25.3 Å². The van der Waals surface area contributed by atoms with Gasteiger partial charge < -0.3 is 10.4 Å². The van der Waals surface area contributed by atoms with Crippen LogP contribution in [0.2, 0.25) is 0 Å². The fourth-order valence-corrected chi connectivity index (χ4v) is 1.63. The molecule has 0 fully saturated rings. The van der Waals surface area contributed by atoms with Gasteiger partial charge in [0.1, 0.15) is 17.7 Å². The van der Waals surface area contributed by atoms with Crippen LogP contribution in [-0.4, -0.2) is 23.0 Å². The normalized spacial score (nSPS) is 11.9. The first-order valence-electron chi connectivity index (χ1n) is 5.90. The molecule has 0 bridgehead atoms. The Bertz CT molecular complexity index is 477. The van der Waals surface area contributed by atoms with Crippen molar-refractivity contribution in [3.05, 3.63) is 35.4 Å². The Balaban J connectivity index is 2.66.